The molecule has 6 nitrogen and oxygen atoms in total. The summed E-state index contributed by atoms with van der Waals surface area (Å²) in [6.07, 6.45) is 0. The number of hydrogen-bond acceptors (Lipinski definition) is 4. The van der Waals surface area contributed by atoms with E-state index in [1.54, 1.807) is 19.1 Å². The zero-order chi connectivity index (χ0) is 15.3. The van der Waals surface area contributed by atoms with Gasteiger partial charge in [-0.15, -0.1) is 0 Å². The fourth-order valence-electron chi connectivity index (χ4n) is 2.22. The highest BCUT2D eigenvalue weighted by Crippen LogP contribution is 2.27. The first kappa shape index (κ1) is 13.4. The molecule has 0 unspecified atom stereocenters. The first-order chi connectivity index (χ1) is 9.90. The van der Waals surface area contributed by atoms with Crippen molar-refractivity contribution in [2.24, 2.45) is 0 Å². The topological polar surface area (TPSA) is 100 Å². The molecule has 0 atom stereocenters. The van der Waals surface area contributed by atoms with Crippen molar-refractivity contribution >= 4 is 39.4 Å². The van der Waals surface area contributed by atoms with E-state index in [0.29, 0.717) is 21.5 Å². The van der Waals surface area contributed by atoms with Crippen molar-refractivity contribution in [2.45, 2.75) is 6.92 Å². The number of halogens is 1. The second-order valence-corrected chi connectivity index (χ2v) is 4.94. The summed E-state index contributed by atoms with van der Waals surface area (Å²) in [7, 11) is 0. The molecule has 0 fully saturated rings. The monoisotopic (exact) mass is 305 g/mol. The van der Waals surface area contributed by atoms with E-state index in [1.807, 2.05) is 0 Å². The summed E-state index contributed by atoms with van der Waals surface area (Å²) in [6, 6.07) is 3.94. The Morgan fingerprint density at radius 3 is 2.71 bits per heavy atom. The molecule has 3 aromatic rings. The third-order valence-electron chi connectivity index (χ3n) is 3.27. The molecule has 0 aliphatic heterocycles. The van der Waals surface area contributed by atoms with Crippen LogP contribution in [0.4, 0.5) is 0 Å². The maximum absolute atomic E-state index is 12.1. The van der Waals surface area contributed by atoms with Crippen molar-refractivity contribution in [2.75, 3.05) is 0 Å². The number of benzene rings is 1. The quantitative estimate of drug-likeness (QED) is 0.672. The smallest absolute Gasteiger partial charge is 0.371 e. The number of carboxylic acid groups (broad SMARTS) is 1. The first-order valence-electron chi connectivity index (χ1n) is 5.92. The second-order valence-electron chi connectivity index (χ2n) is 4.53. The predicted molar refractivity (Wildman–Crippen MR) is 77.3 cm³/mol. The molecular weight excluding hydrogens is 298 g/mol. The Hall–Kier alpha value is -2.60. The number of pyridine rings is 1. The summed E-state index contributed by atoms with van der Waals surface area (Å²) in [4.78, 5) is 37.6. The lowest BCUT2D eigenvalue weighted by molar-refractivity contribution is 0.0663. The fourth-order valence-corrected chi connectivity index (χ4v) is 2.37. The van der Waals surface area contributed by atoms with Crippen LogP contribution < -0.4 is 11.0 Å². The van der Waals surface area contributed by atoms with Crippen LogP contribution in [0, 0.1) is 6.92 Å². The van der Waals surface area contributed by atoms with E-state index >= 15 is 0 Å². The maximum atomic E-state index is 12.1. The third-order valence-corrected chi connectivity index (χ3v) is 3.68. The minimum atomic E-state index is -1.38. The average Bonchev–Trinajstić information content (AvgIpc) is 2.42. The molecule has 106 valence electrons. The van der Waals surface area contributed by atoms with E-state index in [0.717, 1.165) is 6.07 Å². The molecule has 7 heteroatoms. The average molecular weight is 306 g/mol. The van der Waals surface area contributed by atoms with Gasteiger partial charge < -0.3 is 14.5 Å². The fraction of sp³-hybridized carbons (Fsp3) is 0.0714. The minimum absolute atomic E-state index is 0.0570. The van der Waals surface area contributed by atoms with Crippen LogP contribution in [-0.4, -0.2) is 16.1 Å². The van der Waals surface area contributed by atoms with Crippen molar-refractivity contribution in [3.05, 3.63) is 55.1 Å². The largest absolute Gasteiger partial charge is 0.475 e. The number of aromatic nitrogens is 1. The van der Waals surface area contributed by atoms with Gasteiger partial charge in [-0.3, -0.25) is 9.59 Å². The lowest BCUT2D eigenvalue weighted by Gasteiger charge is -2.07. The Kier molecular flexibility index (Phi) is 2.84. The van der Waals surface area contributed by atoms with E-state index < -0.39 is 22.7 Å². The molecule has 0 spiro atoms. The molecule has 2 heterocycles. The summed E-state index contributed by atoms with van der Waals surface area (Å²) in [5, 5.41) is 9.62. The molecule has 1 aromatic carbocycles. The number of carboxylic acids is 1. The molecule has 0 bridgehead atoms. The number of H-pyrrole nitrogens is 1. The highest BCUT2D eigenvalue weighted by atomic mass is 35.5. The van der Waals surface area contributed by atoms with Crippen molar-refractivity contribution in [3.8, 4) is 0 Å². The van der Waals surface area contributed by atoms with Gasteiger partial charge in [-0.1, -0.05) is 11.6 Å². The molecule has 0 amide bonds. The van der Waals surface area contributed by atoms with Crippen LogP contribution >= 0.6 is 11.6 Å². The molecule has 0 aliphatic carbocycles. The summed E-state index contributed by atoms with van der Waals surface area (Å²) in [6.45, 7) is 1.70. The van der Waals surface area contributed by atoms with Crippen LogP contribution in [0.25, 0.3) is 21.9 Å². The number of aromatic amines is 1. The molecule has 0 aliphatic rings. The number of aromatic carboxylic acids is 1. The Morgan fingerprint density at radius 1 is 1.33 bits per heavy atom. The normalized spacial score (nSPS) is 11.1. The lowest BCUT2D eigenvalue weighted by Crippen LogP contribution is -2.17. The molecule has 21 heavy (non-hydrogen) atoms. The SMILES string of the molecule is Cc1c(Cl)ccc2c1[nH]c(=O)c1c(=O)cc(C(=O)O)oc12. The number of carbonyl (C=O) groups is 1. The van der Waals surface area contributed by atoms with Gasteiger partial charge in [0.1, 0.15) is 5.39 Å². The van der Waals surface area contributed by atoms with Gasteiger partial charge >= 0.3 is 5.97 Å². The van der Waals surface area contributed by atoms with E-state index in [2.05, 4.69) is 4.98 Å². The maximum Gasteiger partial charge on any atom is 0.371 e. The van der Waals surface area contributed by atoms with Gasteiger partial charge in [0.2, 0.25) is 5.76 Å². The Bertz CT molecular complexity index is 1030. The summed E-state index contributed by atoms with van der Waals surface area (Å²) < 4.78 is 5.23. The second kappa shape index (κ2) is 4.46. The zero-order valence-corrected chi connectivity index (χ0v) is 11.4. The van der Waals surface area contributed by atoms with Gasteiger partial charge in [0.15, 0.2) is 11.0 Å². The zero-order valence-electron chi connectivity index (χ0n) is 10.7. The van der Waals surface area contributed by atoms with E-state index in [4.69, 9.17) is 21.1 Å². The van der Waals surface area contributed by atoms with Gasteiger partial charge in [0.25, 0.3) is 5.56 Å². The van der Waals surface area contributed by atoms with Gasteiger partial charge in [-0.05, 0) is 24.6 Å². The van der Waals surface area contributed by atoms with Crippen molar-refractivity contribution in [3.63, 3.8) is 0 Å². The van der Waals surface area contributed by atoms with Crippen LogP contribution in [0.15, 0.2) is 32.2 Å². The summed E-state index contributed by atoms with van der Waals surface area (Å²) >= 11 is 6.00. The molecular formula is C14H8ClNO5. The number of fused-ring (bicyclic) bond motifs is 3. The Labute approximate surface area is 121 Å². The third kappa shape index (κ3) is 1.92. The number of aryl methyl sites for hydroxylation is 1. The number of rotatable bonds is 1. The van der Waals surface area contributed by atoms with E-state index in [1.165, 1.54) is 0 Å². The first-order valence-corrected chi connectivity index (χ1v) is 6.30. The van der Waals surface area contributed by atoms with Crippen molar-refractivity contribution in [1.82, 2.24) is 4.98 Å². The number of hydrogen-bond donors (Lipinski definition) is 2. The lowest BCUT2D eigenvalue weighted by atomic mass is 10.1. The van der Waals surface area contributed by atoms with Gasteiger partial charge in [0, 0.05) is 16.5 Å². The molecule has 0 saturated heterocycles. The molecule has 0 saturated carbocycles. The van der Waals surface area contributed by atoms with Crippen LogP contribution in [0.3, 0.4) is 0 Å². The van der Waals surface area contributed by atoms with E-state index in [-0.39, 0.29) is 11.0 Å². The van der Waals surface area contributed by atoms with Crippen LogP contribution in [0.5, 0.6) is 0 Å². The van der Waals surface area contributed by atoms with Crippen LogP contribution in [-0.2, 0) is 0 Å². The Morgan fingerprint density at radius 2 is 2.05 bits per heavy atom. The summed E-state index contributed by atoms with van der Waals surface area (Å²) in [5.74, 6) is -1.90. The van der Waals surface area contributed by atoms with Gasteiger partial charge in [0.05, 0.1) is 5.52 Å². The van der Waals surface area contributed by atoms with Crippen molar-refractivity contribution in [1.29, 1.82) is 0 Å². The number of nitrogens with one attached hydrogen (secondary N) is 1. The molecule has 2 aromatic heterocycles. The van der Waals surface area contributed by atoms with Gasteiger partial charge in [-0.25, -0.2) is 4.79 Å². The predicted octanol–water partition coefficient (Wildman–Crippen LogP) is 2.29. The molecule has 0 radical (unpaired) electrons. The Balaban J connectivity index is 2.66. The minimum Gasteiger partial charge on any atom is -0.475 e. The summed E-state index contributed by atoms with van der Waals surface area (Å²) in [5.41, 5.74) is -0.390. The molecule has 2 N–H and O–H groups in total. The van der Waals surface area contributed by atoms with Crippen LogP contribution in [0.1, 0.15) is 16.1 Å². The highest BCUT2D eigenvalue weighted by molar-refractivity contribution is 6.32. The highest BCUT2D eigenvalue weighted by Gasteiger charge is 2.17. The van der Waals surface area contributed by atoms with Gasteiger partial charge in [-0.2, -0.15) is 0 Å². The molecule has 3 rings (SSSR count). The van der Waals surface area contributed by atoms with E-state index in [9.17, 15) is 14.4 Å². The standard InChI is InChI=1S/C14H8ClNO5/c1-5-7(15)3-2-6-11(5)16-13(18)10-8(17)4-9(14(19)20)21-12(6)10/h2-4H,1H3,(H,16,18)(H,19,20). The van der Waals surface area contributed by atoms with Crippen LogP contribution in [0.2, 0.25) is 5.02 Å². The van der Waals surface area contributed by atoms with Crippen molar-refractivity contribution < 1.29 is 14.3 Å².